The Labute approximate surface area is 112 Å². The van der Waals surface area contributed by atoms with Gasteiger partial charge in [-0.1, -0.05) is 23.7 Å². The molecule has 0 aromatic heterocycles. The number of rotatable bonds is 3. The van der Waals surface area contributed by atoms with Gasteiger partial charge in [0, 0.05) is 13.0 Å². The summed E-state index contributed by atoms with van der Waals surface area (Å²) in [6, 6.07) is 6.90. The largest absolute Gasteiger partial charge is 0.487 e. The summed E-state index contributed by atoms with van der Waals surface area (Å²) in [4.78, 5) is 13.5. The molecule has 0 spiro atoms. The quantitative estimate of drug-likeness (QED) is 0.907. The second-order valence-corrected chi connectivity index (χ2v) is 4.94. The summed E-state index contributed by atoms with van der Waals surface area (Å²) in [6.45, 7) is 2.96. The molecule has 2 N–H and O–H groups in total. The molecule has 1 aliphatic heterocycles. The highest BCUT2D eigenvalue weighted by atomic mass is 35.5. The number of ether oxygens (including phenoxy) is 1. The van der Waals surface area contributed by atoms with E-state index in [4.69, 9.17) is 22.1 Å². The van der Waals surface area contributed by atoms with Gasteiger partial charge in [0.1, 0.15) is 11.9 Å². The molecule has 1 amide bonds. The summed E-state index contributed by atoms with van der Waals surface area (Å²) in [7, 11) is 0. The standard InChI is InChI=1S/C13H17ClN2O2/c1-9(15)13(17)16-7-6-10(8-16)18-12-5-3-2-4-11(12)14/h2-5,9-10H,6-8,15H2,1H3/t9-,10?/m1/s1. The highest BCUT2D eigenvalue weighted by Gasteiger charge is 2.29. The maximum absolute atomic E-state index is 11.7. The number of halogens is 1. The fourth-order valence-electron chi connectivity index (χ4n) is 2.03. The number of hydrogen-bond donors (Lipinski definition) is 1. The highest BCUT2D eigenvalue weighted by Crippen LogP contribution is 2.26. The summed E-state index contributed by atoms with van der Waals surface area (Å²) < 4.78 is 5.80. The molecular weight excluding hydrogens is 252 g/mol. The fourth-order valence-corrected chi connectivity index (χ4v) is 2.21. The Balaban J connectivity index is 1.94. The molecule has 1 aromatic rings. The van der Waals surface area contributed by atoms with Crippen LogP contribution in [0.4, 0.5) is 0 Å². The Morgan fingerprint density at radius 2 is 2.28 bits per heavy atom. The molecular formula is C13H17ClN2O2. The average Bonchev–Trinajstić information content (AvgIpc) is 2.79. The zero-order chi connectivity index (χ0) is 13.1. The van der Waals surface area contributed by atoms with Gasteiger partial charge in [0.05, 0.1) is 17.6 Å². The van der Waals surface area contributed by atoms with E-state index in [0.717, 1.165) is 6.42 Å². The van der Waals surface area contributed by atoms with Crippen LogP contribution >= 0.6 is 11.6 Å². The maximum Gasteiger partial charge on any atom is 0.239 e. The van der Waals surface area contributed by atoms with E-state index < -0.39 is 6.04 Å². The van der Waals surface area contributed by atoms with Crippen LogP contribution in [0.15, 0.2) is 24.3 Å². The number of hydrogen-bond acceptors (Lipinski definition) is 3. The van der Waals surface area contributed by atoms with E-state index in [0.29, 0.717) is 23.9 Å². The summed E-state index contributed by atoms with van der Waals surface area (Å²) >= 11 is 6.03. The van der Waals surface area contributed by atoms with Crippen LogP contribution < -0.4 is 10.5 Å². The Kier molecular flexibility index (Phi) is 4.09. The van der Waals surface area contributed by atoms with Crippen molar-refractivity contribution in [3.63, 3.8) is 0 Å². The molecule has 0 radical (unpaired) electrons. The molecule has 18 heavy (non-hydrogen) atoms. The van der Waals surface area contributed by atoms with Gasteiger partial charge in [0.15, 0.2) is 0 Å². The normalized spacial score (nSPS) is 20.8. The minimum Gasteiger partial charge on any atom is -0.487 e. The van der Waals surface area contributed by atoms with E-state index in [9.17, 15) is 4.79 Å². The van der Waals surface area contributed by atoms with Gasteiger partial charge in [0.25, 0.3) is 0 Å². The second kappa shape index (κ2) is 5.59. The molecule has 0 aliphatic carbocycles. The van der Waals surface area contributed by atoms with Gasteiger partial charge >= 0.3 is 0 Å². The number of nitrogens with two attached hydrogens (primary N) is 1. The Morgan fingerprint density at radius 3 is 2.94 bits per heavy atom. The SMILES string of the molecule is C[C@@H](N)C(=O)N1CCC(Oc2ccccc2Cl)C1. The van der Waals surface area contributed by atoms with Crippen LogP contribution in [-0.4, -0.2) is 36.0 Å². The third-order valence-electron chi connectivity index (χ3n) is 2.98. The van der Waals surface area contributed by atoms with Crippen molar-refractivity contribution in [2.24, 2.45) is 5.73 Å². The molecule has 5 heteroatoms. The van der Waals surface area contributed by atoms with Crippen LogP contribution in [-0.2, 0) is 4.79 Å². The van der Waals surface area contributed by atoms with Crippen molar-refractivity contribution in [3.8, 4) is 5.75 Å². The molecule has 1 aliphatic rings. The first-order chi connectivity index (χ1) is 8.58. The van der Waals surface area contributed by atoms with Gasteiger partial charge < -0.3 is 15.4 Å². The van der Waals surface area contributed by atoms with E-state index in [2.05, 4.69) is 0 Å². The predicted molar refractivity (Wildman–Crippen MR) is 70.7 cm³/mol. The average molecular weight is 269 g/mol. The molecule has 1 aromatic carbocycles. The minimum atomic E-state index is -0.455. The number of likely N-dealkylation sites (tertiary alicyclic amines) is 1. The lowest BCUT2D eigenvalue weighted by atomic mass is 10.3. The molecule has 0 bridgehead atoms. The zero-order valence-corrected chi connectivity index (χ0v) is 11.1. The highest BCUT2D eigenvalue weighted by molar-refractivity contribution is 6.32. The molecule has 1 saturated heterocycles. The van der Waals surface area contributed by atoms with Gasteiger partial charge in [0.2, 0.25) is 5.91 Å². The molecule has 0 saturated carbocycles. The lowest BCUT2D eigenvalue weighted by Crippen LogP contribution is -2.41. The Bertz CT molecular complexity index is 437. The Hall–Kier alpha value is -1.26. The smallest absolute Gasteiger partial charge is 0.239 e. The molecule has 2 rings (SSSR count). The first kappa shape index (κ1) is 13.2. The predicted octanol–water partition coefficient (Wildman–Crippen LogP) is 1.67. The van der Waals surface area contributed by atoms with E-state index in [-0.39, 0.29) is 12.0 Å². The van der Waals surface area contributed by atoms with Crippen molar-refractivity contribution in [1.82, 2.24) is 4.90 Å². The fraction of sp³-hybridized carbons (Fsp3) is 0.462. The molecule has 98 valence electrons. The Morgan fingerprint density at radius 1 is 1.56 bits per heavy atom. The summed E-state index contributed by atoms with van der Waals surface area (Å²) in [5.41, 5.74) is 5.58. The van der Waals surface area contributed by atoms with Gasteiger partial charge in [-0.2, -0.15) is 0 Å². The lowest BCUT2D eigenvalue weighted by Gasteiger charge is -2.19. The van der Waals surface area contributed by atoms with Crippen molar-refractivity contribution in [1.29, 1.82) is 0 Å². The zero-order valence-electron chi connectivity index (χ0n) is 10.3. The monoisotopic (exact) mass is 268 g/mol. The number of carbonyl (C=O) groups excluding carboxylic acids is 1. The lowest BCUT2D eigenvalue weighted by molar-refractivity contribution is -0.131. The first-order valence-corrected chi connectivity index (χ1v) is 6.41. The molecule has 2 atom stereocenters. The van der Waals surface area contributed by atoms with Gasteiger partial charge in [-0.25, -0.2) is 0 Å². The van der Waals surface area contributed by atoms with Gasteiger partial charge in [-0.3, -0.25) is 4.79 Å². The maximum atomic E-state index is 11.7. The molecule has 1 unspecified atom stereocenters. The third-order valence-corrected chi connectivity index (χ3v) is 3.29. The van der Waals surface area contributed by atoms with Crippen LogP contribution in [0.2, 0.25) is 5.02 Å². The molecule has 1 heterocycles. The minimum absolute atomic E-state index is 0.00685. The van der Waals surface area contributed by atoms with Crippen LogP contribution in [0.5, 0.6) is 5.75 Å². The first-order valence-electron chi connectivity index (χ1n) is 6.03. The number of nitrogens with zero attached hydrogens (tertiary/aromatic N) is 1. The molecule has 4 nitrogen and oxygen atoms in total. The van der Waals surface area contributed by atoms with Crippen molar-refractivity contribution in [2.75, 3.05) is 13.1 Å². The van der Waals surface area contributed by atoms with Crippen LogP contribution in [0.1, 0.15) is 13.3 Å². The van der Waals surface area contributed by atoms with Gasteiger partial charge in [-0.05, 0) is 19.1 Å². The van der Waals surface area contributed by atoms with E-state index in [1.165, 1.54) is 0 Å². The van der Waals surface area contributed by atoms with E-state index in [1.54, 1.807) is 17.9 Å². The summed E-state index contributed by atoms with van der Waals surface area (Å²) in [6.07, 6.45) is 0.802. The summed E-state index contributed by atoms with van der Waals surface area (Å²) in [5, 5.41) is 0.592. The van der Waals surface area contributed by atoms with Crippen LogP contribution in [0, 0.1) is 0 Å². The van der Waals surface area contributed by atoms with Crippen LogP contribution in [0.25, 0.3) is 0 Å². The van der Waals surface area contributed by atoms with Crippen molar-refractivity contribution >= 4 is 17.5 Å². The van der Waals surface area contributed by atoms with Gasteiger partial charge in [-0.15, -0.1) is 0 Å². The van der Waals surface area contributed by atoms with Crippen LogP contribution in [0.3, 0.4) is 0 Å². The number of carbonyl (C=O) groups is 1. The number of amides is 1. The third kappa shape index (κ3) is 2.94. The topological polar surface area (TPSA) is 55.6 Å². The molecule has 1 fully saturated rings. The number of para-hydroxylation sites is 1. The summed E-state index contributed by atoms with van der Waals surface area (Å²) in [5.74, 6) is 0.638. The van der Waals surface area contributed by atoms with E-state index >= 15 is 0 Å². The van der Waals surface area contributed by atoms with Crippen molar-refractivity contribution in [2.45, 2.75) is 25.5 Å². The van der Waals surface area contributed by atoms with Crippen molar-refractivity contribution < 1.29 is 9.53 Å². The van der Waals surface area contributed by atoms with Crippen molar-refractivity contribution in [3.05, 3.63) is 29.3 Å². The van der Waals surface area contributed by atoms with E-state index in [1.807, 2.05) is 18.2 Å². The number of benzene rings is 1. The second-order valence-electron chi connectivity index (χ2n) is 4.53.